The summed E-state index contributed by atoms with van der Waals surface area (Å²) in [6, 6.07) is 7.92. The van der Waals surface area contributed by atoms with Crippen molar-refractivity contribution in [2.45, 2.75) is 20.3 Å². The third-order valence-corrected chi connectivity index (χ3v) is 3.44. The molecule has 0 fully saturated rings. The normalized spacial score (nSPS) is 11.0. The molecule has 2 aromatic rings. The molecule has 0 saturated carbocycles. The molecule has 0 unspecified atom stereocenters. The van der Waals surface area contributed by atoms with E-state index in [4.69, 9.17) is 4.52 Å². The van der Waals surface area contributed by atoms with Gasteiger partial charge in [-0.15, -0.1) is 0 Å². The number of hydrogen-bond donors (Lipinski definition) is 1. The van der Waals surface area contributed by atoms with Crippen molar-refractivity contribution in [3.63, 3.8) is 0 Å². The SMILES string of the molecule is CCN(CC)CCc1noc(-c2ccccc2NC)n1. The Morgan fingerprint density at radius 2 is 1.95 bits per heavy atom. The first-order chi connectivity index (χ1) is 9.78. The van der Waals surface area contributed by atoms with E-state index in [0.29, 0.717) is 5.89 Å². The van der Waals surface area contributed by atoms with Crippen LogP contribution in [0.4, 0.5) is 5.69 Å². The second kappa shape index (κ2) is 7.05. The number of rotatable bonds is 7. The number of aromatic nitrogens is 2. The fraction of sp³-hybridized carbons (Fsp3) is 0.467. The highest BCUT2D eigenvalue weighted by Crippen LogP contribution is 2.25. The van der Waals surface area contributed by atoms with E-state index in [1.165, 1.54) is 0 Å². The van der Waals surface area contributed by atoms with Crippen molar-refractivity contribution >= 4 is 5.69 Å². The van der Waals surface area contributed by atoms with E-state index in [9.17, 15) is 0 Å². The highest BCUT2D eigenvalue weighted by atomic mass is 16.5. The zero-order valence-corrected chi connectivity index (χ0v) is 12.4. The third-order valence-electron chi connectivity index (χ3n) is 3.44. The smallest absolute Gasteiger partial charge is 0.260 e. The minimum absolute atomic E-state index is 0.574. The molecule has 5 nitrogen and oxygen atoms in total. The first-order valence-electron chi connectivity index (χ1n) is 7.10. The van der Waals surface area contributed by atoms with Gasteiger partial charge in [0.15, 0.2) is 5.82 Å². The number of nitrogens with one attached hydrogen (secondary N) is 1. The largest absolute Gasteiger partial charge is 0.387 e. The van der Waals surface area contributed by atoms with Crippen LogP contribution in [-0.4, -0.2) is 41.7 Å². The van der Waals surface area contributed by atoms with Crippen LogP contribution in [0.15, 0.2) is 28.8 Å². The fourth-order valence-corrected chi connectivity index (χ4v) is 2.15. The van der Waals surface area contributed by atoms with E-state index >= 15 is 0 Å². The standard InChI is InChI=1S/C15H22N4O/c1-4-19(5-2)11-10-14-17-15(20-18-14)12-8-6-7-9-13(12)16-3/h6-9,16H,4-5,10-11H2,1-3H3. The third kappa shape index (κ3) is 3.36. The lowest BCUT2D eigenvalue weighted by atomic mass is 10.2. The molecule has 0 radical (unpaired) electrons. The molecule has 1 N–H and O–H groups in total. The Labute approximate surface area is 120 Å². The molecule has 0 aliphatic heterocycles. The van der Waals surface area contributed by atoms with Crippen LogP contribution in [-0.2, 0) is 6.42 Å². The van der Waals surface area contributed by atoms with E-state index in [1.54, 1.807) is 0 Å². The molecule has 5 heteroatoms. The molecule has 1 aromatic carbocycles. The predicted molar refractivity (Wildman–Crippen MR) is 80.8 cm³/mol. The van der Waals surface area contributed by atoms with E-state index in [-0.39, 0.29) is 0 Å². The summed E-state index contributed by atoms with van der Waals surface area (Å²) in [6.07, 6.45) is 0.812. The Kier molecular flexibility index (Phi) is 5.12. The van der Waals surface area contributed by atoms with Gasteiger partial charge in [0.05, 0.1) is 5.56 Å². The summed E-state index contributed by atoms with van der Waals surface area (Å²) in [5.41, 5.74) is 1.93. The predicted octanol–water partition coefficient (Wildman–Crippen LogP) is 2.66. The average molecular weight is 274 g/mol. The maximum atomic E-state index is 5.37. The van der Waals surface area contributed by atoms with Gasteiger partial charge in [0.2, 0.25) is 0 Å². The number of hydrogen-bond acceptors (Lipinski definition) is 5. The quantitative estimate of drug-likeness (QED) is 0.841. The van der Waals surface area contributed by atoms with Gasteiger partial charge in [-0.1, -0.05) is 31.1 Å². The second-order valence-electron chi connectivity index (χ2n) is 4.59. The van der Waals surface area contributed by atoms with Gasteiger partial charge in [-0.3, -0.25) is 0 Å². The molecule has 0 saturated heterocycles. The monoisotopic (exact) mass is 274 g/mol. The Morgan fingerprint density at radius 3 is 2.65 bits per heavy atom. The fourth-order valence-electron chi connectivity index (χ4n) is 2.15. The van der Waals surface area contributed by atoms with Crippen LogP contribution in [0, 0.1) is 0 Å². The topological polar surface area (TPSA) is 54.2 Å². The number of nitrogens with zero attached hydrogens (tertiary/aromatic N) is 3. The zero-order chi connectivity index (χ0) is 14.4. The minimum Gasteiger partial charge on any atom is -0.387 e. The molecule has 1 aromatic heterocycles. The second-order valence-corrected chi connectivity index (χ2v) is 4.59. The summed E-state index contributed by atoms with van der Waals surface area (Å²) in [5, 5.41) is 7.20. The van der Waals surface area contributed by atoms with Gasteiger partial charge in [-0.05, 0) is 25.2 Å². The molecular formula is C15H22N4O. The van der Waals surface area contributed by atoms with E-state index in [2.05, 4.69) is 34.2 Å². The summed E-state index contributed by atoms with van der Waals surface area (Å²) in [6.45, 7) is 7.37. The summed E-state index contributed by atoms with van der Waals surface area (Å²) in [7, 11) is 1.89. The van der Waals surface area contributed by atoms with Crippen molar-refractivity contribution in [2.75, 3.05) is 32.0 Å². The molecule has 0 aliphatic rings. The van der Waals surface area contributed by atoms with Crippen LogP contribution in [0.3, 0.4) is 0 Å². The molecule has 0 bridgehead atoms. The molecule has 1 heterocycles. The number of anilines is 1. The summed E-state index contributed by atoms with van der Waals surface area (Å²) in [5.74, 6) is 1.34. The van der Waals surface area contributed by atoms with Crippen molar-refractivity contribution in [3.8, 4) is 11.5 Å². The van der Waals surface area contributed by atoms with Crippen molar-refractivity contribution in [1.82, 2.24) is 15.0 Å². The van der Waals surface area contributed by atoms with Gasteiger partial charge in [-0.2, -0.15) is 4.98 Å². The first-order valence-corrected chi connectivity index (χ1v) is 7.10. The Hall–Kier alpha value is -1.88. The van der Waals surface area contributed by atoms with Crippen molar-refractivity contribution in [2.24, 2.45) is 0 Å². The van der Waals surface area contributed by atoms with Gasteiger partial charge in [0.1, 0.15) is 0 Å². The van der Waals surface area contributed by atoms with Gasteiger partial charge < -0.3 is 14.7 Å². The van der Waals surface area contributed by atoms with E-state index in [1.807, 2.05) is 31.3 Å². The van der Waals surface area contributed by atoms with Gasteiger partial charge >= 0.3 is 0 Å². The molecule has 2 rings (SSSR count). The van der Waals surface area contributed by atoms with Gasteiger partial charge in [0.25, 0.3) is 5.89 Å². The number of para-hydroxylation sites is 1. The van der Waals surface area contributed by atoms with Crippen LogP contribution < -0.4 is 5.32 Å². The zero-order valence-electron chi connectivity index (χ0n) is 12.4. The van der Waals surface area contributed by atoms with Crippen LogP contribution in [0.2, 0.25) is 0 Å². The maximum Gasteiger partial charge on any atom is 0.260 e. The van der Waals surface area contributed by atoms with E-state index < -0.39 is 0 Å². The molecule has 0 aliphatic carbocycles. The van der Waals surface area contributed by atoms with E-state index in [0.717, 1.165) is 43.1 Å². The molecule has 0 spiro atoms. The van der Waals surface area contributed by atoms with Crippen molar-refractivity contribution in [1.29, 1.82) is 0 Å². The Balaban J connectivity index is 2.09. The number of benzene rings is 1. The van der Waals surface area contributed by atoms with Gasteiger partial charge in [-0.25, -0.2) is 0 Å². The van der Waals surface area contributed by atoms with Crippen molar-refractivity contribution in [3.05, 3.63) is 30.1 Å². The lowest BCUT2D eigenvalue weighted by Crippen LogP contribution is -2.25. The Morgan fingerprint density at radius 1 is 1.20 bits per heavy atom. The van der Waals surface area contributed by atoms with Crippen LogP contribution in [0.1, 0.15) is 19.7 Å². The molecule has 0 amide bonds. The van der Waals surface area contributed by atoms with Crippen LogP contribution >= 0.6 is 0 Å². The van der Waals surface area contributed by atoms with Crippen molar-refractivity contribution < 1.29 is 4.52 Å². The Bertz CT molecular complexity index is 534. The highest BCUT2D eigenvalue weighted by molar-refractivity contribution is 5.71. The summed E-state index contributed by atoms with van der Waals surface area (Å²) >= 11 is 0. The maximum absolute atomic E-state index is 5.37. The van der Waals surface area contributed by atoms with Gasteiger partial charge in [0, 0.05) is 25.7 Å². The molecule has 108 valence electrons. The molecular weight excluding hydrogens is 252 g/mol. The lowest BCUT2D eigenvalue weighted by Gasteiger charge is -2.16. The summed E-state index contributed by atoms with van der Waals surface area (Å²) in [4.78, 5) is 6.83. The highest BCUT2D eigenvalue weighted by Gasteiger charge is 2.12. The first kappa shape index (κ1) is 14.5. The van der Waals surface area contributed by atoms with Crippen LogP contribution in [0.5, 0.6) is 0 Å². The van der Waals surface area contributed by atoms with Crippen LogP contribution in [0.25, 0.3) is 11.5 Å². The molecule has 0 atom stereocenters. The summed E-state index contributed by atoms with van der Waals surface area (Å²) < 4.78 is 5.37. The average Bonchev–Trinajstić information content (AvgIpc) is 2.97. The molecule has 20 heavy (non-hydrogen) atoms. The number of likely N-dealkylation sites (N-methyl/N-ethyl adjacent to an activating group) is 1. The minimum atomic E-state index is 0.574. The lowest BCUT2D eigenvalue weighted by molar-refractivity contribution is 0.303.